The number of aryl methyl sites for hydroxylation is 1. The lowest BCUT2D eigenvalue weighted by Gasteiger charge is -2.25. The fraction of sp³-hybridized carbons (Fsp3) is 0.562. The minimum Gasteiger partial charge on any atom is -0.496 e. The predicted molar refractivity (Wildman–Crippen MR) is 79.9 cm³/mol. The van der Waals surface area contributed by atoms with Gasteiger partial charge in [-0.3, -0.25) is 4.79 Å². The summed E-state index contributed by atoms with van der Waals surface area (Å²) >= 11 is 0. The van der Waals surface area contributed by atoms with E-state index in [1.165, 1.54) is 0 Å². The smallest absolute Gasteiger partial charge is 0.237 e. The van der Waals surface area contributed by atoms with Crippen molar-refractivity contribution in [2.45, 2.75) is 45.2 Å². The van der Waals surface area contributed by atoms with Gasteiger partial charge in [-0.05, 0) is 39.3 Å². The standard InChI is InChI=1S/C16H24N2O2/c1-11-7-8-15(20-3)13(10-11)12(2)18-16(19)14-6-4-5-9-17-14/h7-8,10,12,14,17H,4-6,9H2,1-3H3,(H,18,19)/t12?,14-/m0/s1. The largest absolute Gasteiger partial charge is 0.496 e. The van der Waals surface area contributed by atoms with Crippen LogP contribution in [0.1, 0.15) is 43.4 Å². The highest BCUT2D eigenvalue weighted by atomic mass is 16.5. The number of hydrogen-bond donors (Lipinski definition) is 2. The summed E-state index contributed by atoms with van der Waals surface area (Å²) in [5.41, 5.74) is 2.19. The Bertz CT molecular complexity index is 468. The van der Waals surface area contributed by atoms with E-state index in [9.17, 15) is 4.79 Å². The second-order valence-electron chi connectivity index (χ2n) is 5.48. The highest BCUT2D eigenvalue weighted by Crippen LogP contribution is 2.26. The topological polar surface area (TPSA) is 50.4 Å². The lowest BCUT2D eigenvalue weighted by molar-refractivity contribution is -0.124. The van der Waals surface area contributed by atoms with Crippen LogP contribution in [0.5, 0.6) is 5.75 Å². The molecule has 0 saturated carbocycles. The molecule has 1 heterocycles. The Hall–Kier alpha value is -1.55. The molecule has 0 aliphatic carbocycles. The minimum absolute atomic E-state index is 0.0537. The molecule has 1 aromatic rings. The molecular weight excluding hydrogens is 252 g/mol. The Morgan fingerprint density at radius 1 is 1.45 bits per heavy atom. The summed E-state index contributed by atoms with van der Waals surface area (Å²) in [5, 5.41) is 6.36. The van der Waals surface area contributed by atoms with Crippen molar-refractivity contribution < 1.29 is 9.53 Å². The van der Waals surface area contributed by atoms with Crippen LogP contribution in [0.15, 0.2) is 18.2 Å². The van der Waals surface area contributed by atoms with Crippen LogP contribution >= 0.6 is 0 Å². The minimum atomic E-state index is -0.0546. The molecule has 4 nitrogen and oxygen atoms in total. The maximum absolute atomic E-state index is 12.3. The lowest BCUT2D eigenvalue weighted by Crippen LogP contribution is -2.47. The van der Waals surface area contributed by atoms with Gasteiger partial charge in [-0.15, -0.1) is 0 Å². The summed E-state index contributed by atoms with van der Waals surface area (Å²) in [4.78, 5) is 12.3. The molecular formula is C16H24N2O2. The Kier molecular flexibility index (Phi) is 5.01. The summed E-state index contributed by atoms with van der Waals surface area (Å²) in [6.07, 6.45) is 3.20. The van der Waals surface area contributed by atoms with Crippen LogP contribution in [0.3, 0.4) is 0 Å². The Balaban J connectivity index is 2.05. The molecule has 2 atom stereocenters. The number of hydrogen-bond acceptors (Lipinski definition) is 3. The van der Waals surface area contributed by atoms with Gasteiger partial charge in [0.05, 0.1) is 19.2 Å². The highest BCUT2D eigenvalue weighted by Gasteiger charge is 2.23. The van der Waals surface area contributed by atoms with Crippen LogP contribution in [0.25, 0.3) is 0 Å². The van der Waals surface area contributed by atoms with Crippen molar-refractivity contribution in [1.82, 2.24) is 10.6 Å². The molecule has 0 bridgehead atoms. The predicted octanol–water partition coefficient (Wildman–Crippen LogP) is 2.32. The number of carbonyl (C=O) groups is 1. The van der Waals surface area contributed by atoms with Gasteiger partial charge in [0.15, 0.2) is 0 Å². The first-order chi connectivity index (χ1) is 9.61. The van der Waals surface area contributed by atoms with Gasteiger partial charge in [-0.2, -0.15) is 0 Å². The number of ether oxygens (including phenoxy) is 1. The van der Waals surface area contributed by atoms with E-state index < -0.39 is 0 Å². The van der Waals surface area contributed by atoms with Gasteiger partial charge >= 0.3 is 0 Å². The van der Waals surface area contributed by atoms with Gasteiger partial charge in [0.1, 0.15) is 5.75 Å². The van der Waals surface area contributed by atoms with Crippen molar-refractivity contribution in [2.24, 2.45) is 0 Å². The third kappa shape index (κ3) is 3.51. The van der Waals surface area contributed by atoms with Crippen molar-refractivity contribution in [2.75, 3.05) is 13.7 Å². The molecule has 1 fully saturated rings. The van der Waals surface area contributed by atoms with Crippen molar-refractivity contribution in [3.8, 4) is 5.75 Å². The molecule has 1 unspecified atom stereocenters. The second kappa shape index (κ2) is 6.75. The van der Waals surface area contributed by atoms with E-state index in [2.05, 4.69) is 16.7 Å². The Labute approximate surface area is 120 Å². The zero-order valence-corrected chi connectivity index (χ0v) is 12.5. The third-order valence-corrected chi connectivity index (χ3v) is 3.84. The van der Waals surface area contributed by atoms with Gasteiger partial charge < -0.3 is 15.4 Å². The van der Waals surface area contributed by atoms with Crippen LogP contribution in [0, 0.1) is 6.92 Å². The molecule has 1 aromatic carbocycles. The van der Waals surface area contributed by atoms with Gasteiger partial charge in [0.25, 0.3) is 0 Å². The number of piperidine rings is 1. The van der Waals surface area contributed by atoms with Crippen LogP contribution < -0.4 is 15.4 Å². The van der Waals surface area contributed by atoms with E-state index in [1.807, 2.05) is 26.0 Å². The molecule has 2 rings (SSSR count). The van der Waals surface area contributed by atoms with Gasteiger partial charge in [-0.1, -0.05) is 24.1 Å². The summed E-state index contributed by atoms with van der Waals surface area (Å²) in [6.45, 7) is 4.97. The van der Waals surface area contributed by atoms with E-state index in [-0.39, 0.29) is 18.0 Å². The maximum Gasteiger partial charge on any atom is 0.237 e. The van der Waals surface area contributed by atoms with E-state index in [0.29, 0.717) is 0 Å². The molecule has 20 heavy (non-hydrogen) atoms. The Morgan fingerprint density at radius 2 is 2.25 bits per heavy atom. The quantitative estimate of drug-likeness (QED) is 0.887. The Morgan fingerprint density at radius 3 is 2.90 bits per heavy atom. The summed E-state index contributed by atoms with van der Waals surface area (Å²) in [7, 11) is 1.66. The van der Waals surface area contributed by atoms with E-state index in [0.717, 1.165) is 42.7 Å². The number of carbonyl (C=O) groups excluding carboxylic acids is 1. The molecule has 1 aliphatic heterocycles. The molecule has 110 valence electrons. The third-order valence-electron chi connectivity index (χ3n) is 3.84. The molecule has 1 aliphatic rings. The monoisotopic (exact) mass is 276 g/mol. The zero-order valence-electron chi connectivity index (χ0n) is 12.5. The molecule has 0 spiro atoms. The number of methoxy groups -OCH3 is 1. The van der Waals surface area contributed by atoms with Crippen LogP contribution in [-0.4, -0.2) is 25.6 Å². The van der Waals surface area contributed by atoms with Crippen LogP contribution in [0.2, 0.25) is 0 Å². The summed E-state index contributed by atoms with van der Waals surface area (Å²) < 4.78 is 5.38. The van der Waals surface area contributed by atoms with Gasteiger partial charge in [0.2, 0.25) is 5.91 Å². The number of rotatable bonds is 4. The maximum atomic E-state index is 12.3. The van der Waals surface area contributed by atoms with Gasteiger partial charge in [0, 0.05) is 5.56 Å². The average Bonchev–Trinajstić information content (AvgIpc) is 2.48. The number of benzene rings is 1. The fourth-order valence-electron chi connectivity index (χ4n) is 2.66. The zero-order chi connectivity index (χ0) is 14.5. The van der Waals surface area contributed by atoms with E-state index >= 15 is 0 Å². The summed E-state index contributed by atoms with van der Waals surface area (Å²) in [5.74, 6) is 0.903. The first kappa shape index (κ1) is 14.9. The molecule has 0 radical (unpaired) electrons. The molecule has 2 N–H and O–H groups in total. The van der Waals surface area contributed by atoms with Crippen molar-refractivity contribution in [3.05, 3.63) is 29.3 Å². The fourth-order valence-corrected chi connectivity index (χ4v) is 2.66. The average molecular weight is 276 g/mol. The van der Waals surface area contributed by atoms with Crippen LogP contribution in [0.4, 0.5) is 0 Å². The SMILES string of the molecule is COc1ccc(C)cc1C(C)NC(=O)[C@@H]1CCCCN1. The normalized spacial score (nSPS) is 20.2. The molecule has 1 saturated heterocycles. The van der Waals surface area contributed by atoms with E-state index in [4.69, 9.17) is 4.74 Å². The molecule has 1 amide bonds. The van der Waals surface area contributed by atoms with Crippen molar-refractivity contribution in [3.63, 3.8) is 0 Å². The van der Waals surface area contributed by atoms with Crippen LogP contribution in [-0.2, 0) is 4.79 Å². The first-order valence-electron chi connectivity index (χ1n) is 7.30. The summed E-state index contributed by atoms with van der Waals surface area (Å²) in [6, 6.07) is 5.92. The van der Waals surface area contributed by atoms with Gasteiger partial charge in [-0.25, -0.2) is 0 Å². The highest BCUT2D eigenvalue weighted by molar-refractivity contribution is 5.82. The molecule has 0 aromatic heterocycles. The number of amides is 1. The van der Waals surface area contributed by atoms with Crippen molar-refractivity contribution >= 4 is 5.91 Å². The van der Waals surface area contributed by atoms with E-state index in [1.54, 1.807) is 7.11 Å². The second-order valence-corrected chi connectivity index (χ2v) is 5.48. The number of nitrogens with one attached hydrogen (secondary N) is 2. The molecule has 4 heteroatoms. The first-order valence-corrected chi connectivity index (χ1v) is 7.30. The lowest BCUT2D eigenvalue weighted by atomic mass is 10.0. The van der Waals surface area contributed by atoms with Crippen molar-refractivity contribution in [1.29, 1.82) is 0 Å².